The van der Waals surface area contributed by atoms with Gasteiger partial charge in [-0.3, -0.25) is 4.98 Å². The summed E-state index contributed by atoms with van der Waals surface area (Å²) in [4.78, 5) is 29.4. The SMILES string of the molecule is CCc1cc(C2(C#N)CN(C(=O)OC(C)(C)C)C2)ncc1N(C)c1cc2c(cn1)ncn2C. The van der Waals surface area contributed by atoms with E-state index in [9.17, 15) is 10.1 Å². The summed E-state index contributed by atoms with van der Waals surface area (Å²) in [6.45, 7) is 8.08. The first-order chi connectivity index (χ1) is 15.6. The van der Waals surface area contributed by atoms with E-state index in [0.717, 1.165) is 34.5 Å². The monoisotopic (exact) mass is 447 g/mol. The van der Waals surface area contributed by atoms with Crippen molar-refractivity contribution in [3.8, 4) is 6.07 Å². The number of carbonyl (C=O) groups excluding carboxylic acids is 1. The number of likely N-dealkylation sites (tertiary alicyclic amines) is 1. The molecule has 1 fully saturated rings. The molecule has 0 bridgehead atoms. The van der Waals surface area contributed by atoms with Crippen LogP contribution < -0.4 is 4.90 Å². The number of hydrogen-bond donors (Lipinski definition) is 0. The van der Waals surface area contributed by atoms with E-state index < -0.39 is 17.1 Å². The summed E-state index contributed by atoms with van der Waals surface area (Å²) in [5.41, 5.74) is 3.09. The fourth-order valence-electron chi connectivity index (χ4n) is 4.01. The quantitative estimate of drug-likeness (QED) is 0.601. The number of ether oxygens (including phenoxy) is 1. The third-order valence-corrected chi connectivity index (χ3v) is 5.93. The lowest BCUT2D eigenvalue weighted by molar-refractivity contribution is -0.00100. The van der Waals surface area contributed by atoms with E-state index in [1.54, 1.807) is 23.6 Å². The number of rotatable bonds is 4. The van der Waals surface area contributed by atoms with Crippen molar-refractivity contribution in [1.29, 1.82) is 5.26 Å². The topological polar surface area (TPSA) is 100 Å². The van der Waals surface area contributed by atoms with Gasteiger partial charge >= 0.3 is 6.09 Å². The summed E-state index contributed by atoms with van der Waals surface area (Å²) in [7, 11) is 3.90. The Morgan fingerprint density at radius 1 is 1.24 bits per heavy atom. The number of fused-ring (bicyclic) bond motifs is 1. The first-order valence-corrected chi connectivity index (χ1v) is 11.0. The second-order valence-corrected chi connectivity index (χ2v) is 9.53. The van der Waals surface area contributed by atoms with Gasteiger partial charge in [0.25, 0.3) is 0 Å². The number of anilines is 2. The zero-order valence-electron chi connectivity index (χ0n) is 20.0. The lowest BCUT2D eigenvalue weighted by atomic mass is 9.77. The van der Waals surface area contributed by atoms with Gasteiger partial charge in [-0.05, 0) is 38.8 Å². The molecule has 0 spiro atoms. The van der Waals surface area contributed by atoms with E-state index >= 15 is 0 Å². The molecule has 4 heterocycles. The number of nitriles is 1. The van der Waals surface area contributed by atoms with Crippen LogP contribution in [0.2, 0.25) is 0 Å². The van der Waals surface area contributed by atoms with Crippen LogP contribution in [0.4, 0.5) is 16.3 Å². The molecule has 1 amide bonds. The van der Waals surface area contributed by atoms with Gasteiger partial charge in [0.2, 0.25) is 0 Å². The van der Waals surface area contributed by atoms with Gasteiger partial charge in [-0.25, -0.2) is 14.8 Å². The van der Waals surface area contributed by atoms with Crippen LogP contribution in [0.5, 0.6) is 0 Å². The van der Waals surface area contributed by atoms with Gasteiger partial charge < -0.3 is 19.1 Å². The van der Waals surface area contributed by atoms with Gasteiger partial charge in [0.05, 0.1) is 54.8 Å². The van der Waals surface area contributed by atoms with E-state index in [2.05, 4.69) is 27.9 Å². The van der Waals surface area contributed by atoms with Crippen molar-refractivity contribution < 1.29 is 9.53 Å². The first-order valence-electron chi connectivity index (χ1n) is 11.0. The van der Waals surface area contributed by atoms with Crippen LogP contribution in [0.3, 0.4) is 0 Å². The normalized spacial score (nSPS) is 15.1. The van der Waals surface area contributed by atoms with Crippen molar-refractivity contribution in [2.75, 3.05) is 25.0 Å². The lowest BCUT2D eigenvalue weighted by Crippen LogP contribution is -2.61. The summed E-state index contributed by atoms with van der Waals surface area (Å²) in [5.74, 6) is 0.782. The third-order valence-electron chi connectivity index (χ3n) is 5.93. The second-order valence-electron chi connectivity index (χ2n) is 9.53. The molecule has 1 saturated heterocycles. The molecule has 0 N–H and O–H groups in total. The van der Waals surface area contributed by atoms with Crippen molar-refractivity contribution in [1.82, 2.24) is 24.4 Å². The van der Waals surface area contributed by atoms with Crippen molar-refractivity contribution in [2.24, 2.45) is 7.05 Å². The van der Waals surface area contributed by atoms with Crippen LogP contribution in [0, 0.1) is 11.3 Å². The Morgan fingerprint density at radius 2 is 1.97 bits per heavy atom. The summed E-state index contributed by atoms with van der Waals surface area (Å²) >= 11 is 0. The molecule has 9 nitrogen and oxygen atoms in total. The van der Waals surface area contributed by atoms with Crippen molar-refractivity contribution >= 4 is 28.6 Å². The Morgan fingerprint density at radius 3 is 2.61 bits per heavy atom. The number of amides is 1. The second kappa shape index (κ2) is 8.03. The molecule has 3 aromatic heterocycles. The molecule has 0 aliphatic carbocycles. The highest BCUT2D eigenvalue weighted by atomic mass is 16.6. The standard InChI is InChI=1S/C24H29N7O2/c1-7-16-8-20(24(12-25)13-31(14-24)22(32)33-23(2,3)4)26-11-19(16)30(6)21-9-18-17(10-27-21)28-15-29(18)5/h8-11,15H,7,13-14H2,1-6H3. The molecule has 0 saturated carbocycles. The number of nitrogens with zero attached hydrogens (tertiary/aromatic N) is 7. The number of hydrogen-bond acceptors (Lipinski definition) is 7. The molecular weight excluding hydrogens is 418 g/mol. The van der Waals surface area contributed by atoms with Gasteiger partial charge in [0, 0.05) is 20.2 Å². The number of imidazole rings is 1. The Labute approximate surface area is 193 Å². The van der Waals surface area contributed by atoms with Gasteiger partial charge in [-0.2, -0.15) is 5.26 Å². The molecule has 4 rings (SSSR count). The van der Waals surface area contributed by atoms with Crippen LogP contribution in [-0.2, 0) is 23.6 Å². The average molecular weight is 448 g/mol. The molecule has 1 aliphatic heterocycles. The van der Waals surface area contributed by atoms with Crippen LogP contribution >= 0.6 is 0 Å². The predicted molar refractivity (Wildman–Crippen MR) is 125 cm³/mol. The maximum atomic E-state index is 12.4. The molecule has 0 radical (unpaired) electrons. The fourth-order valence-corrected chi connectivity index (χ4v) is 4.01. The smallest absolute Gasteiger partial charge is 0.410 e. The van der Waals surface area contributed by atoms with Gasteiger partial charge in [0.15, 0.2) is 0 Å². The van der Waals surface area contributed by atoms with Crippen LogP contribution in [0.1, 0.15) is 39.0 Å². The first kappa shape index (κ1) is 22.5. The van der Waals surface area contributed by atoms with Crippen molar-refractivity contribution in [3.05, 3.63) is 42.1 Å². The zero-order chi connectivity index (χ0) is 24.0. The lowest BCUT2D eigenvalue weighted by Gasteiger charge is -2.45. The Kier molecular flexibility index (Phi) is 5.48. The fraction of sp³-hybridized carbons (Fsp3) is 0.458. The number of pyridine rings is 2. The Balaban J connectivity index is 1.59. The molecule has 0 unspecified atom stereocenters. The largest absolute Gasteiger partial charge is 0.444 e. The van der Waals surface area contributed by atoms with Crippen LogP contribution in [0.25, 0.3) is 11.0 Å². The van der Waals surface area contributed by atoms with E-state index in [4.69, 9.17) is 4.74 Å². The number of aryl methyl sites for hydroxylation is 2. The number of aromatic nitrogens is 4. The minimum atomic E-state index is -0.830. The average Bonchev–Trinajstić information content (AvgIpc) is 3.11. The van der Waals surface area contributed by atoms with Gasteiger partial charge in [0.1, 0.15) is 22.4 Å². The van der Waals surface area contributed by atoms with Gasteiger partial charge in [-0.15, -0.1) is 0 Å². The molecular formula is C24H29N7O2. The summed E-state index contributed by atoms with van der Waals surface area (Å²) in [5, 5.41) is 9.95. The van der Waals surface area contributed by atoms with Crippen molar-refractivity contribution in [3.63, 3.8) is 0 Å². The maximum Gasteiger partial charge on any atom is 0.410 e. The van der Waals surface area contributed by atoms with Gasteiger partial charge in [-0.1, -0.05) is 6.92 Å². The molecule has 9 heteroatoms. The Hall–Kier alpha value is -3.67. The minimum absolute atomic E-state index is 0.266. The summed E-state index contributed by atoms with van der Waals surface area (Å²) in [6, 6.07) is 6.36. The Bertz CT molecular complexity index is 1250. The van der Waals surface area contributed by atoms with Crippen molar-refractivity contribution in [2.45, 2.75) is 45.1 Å². The van der Waals surface area contributed by atoms with Crippen LogP contribution in [0.15, 0.2) is 30.9 Å². The van der Waals surface area contributed by atoms with Crippen LogP contribution in [-0.4, -0.2) is 56.3 Å². The highest BCUT2D eigenvalue weighted by molar-refractivity contribution is 5.79. The number of carbonyl (C=O) groups is 1. The molecule has 0 aromatic carbocycles. The van der Waals surface area contributed by atoms with E-state index in [-0.39, 0.29) is 13.1 Å². The minimum Gasteiger partial charge on any atom is -0.444 e. The maximum absolute atomic E-state index is 12.4. The van der Waals surface area contributed by atoms with E-state index in [1.165, 1.54) is 0 Å². The predicted octanol–water partition coefficient (Wildman–Crippen LogP) is 3.71. The van der Waals surface area contributed by atoms with E-state index in [1.807, 2.05) is 56.5 Å². The summed E-state index contributed by atoms with van der Waals surface area (Å²) < 4.78 is 7.39. The molecule has 0 atom stereocenters. The summed E-state index contributed by atoms with van der Waals surface area (Å²) in [6.07, 6.45) is 5.68. The zero-order valence-corrected chi connectivity index (χ0v) is 20.0. The molecule has 1 aliphatic rings. The molecule has 33 heavy (non-hydrogen) atoms. The van der Waals surface area contributed by atoms with E-state index in [0.29, 0.717) is 5.69 Å². The molecule has 3 aromatic rings. The third kappa shape index (κ3) is 4.09. The highest BCUT2D eigenvalue weighted by Crippen LogP contribution is 2.36. The highest BCUT2D eigenvalue weighted by Gasteiger charge is 2.49. The molecule has 172 valence electrons.